The second-order valence-electron chi connectivity index (χ2n) is 5.02. The number of benzene rings is 1. The number of fused-ring (bicyclic) bond motifs is 1. The Kier molecular flexibility index (Phi) is 2.88. The molecule has 2 amide bonds. The van der Waals surface area contributed by atoms with Crippen molar-refractivity contribution in [1.29, 1.82) is 0 Å². The van der Waals surface area contributed by atoms with Crippen LogP contribution in [-0.2, 0) is 6.42 Å². The number of hydrogen-bond donors (Lipinski definition) is 2. The van der Waals surface area contributed by atoms with E-state index in [9.17, 15) is 9.59 Å². The molecule has 1 aromatic carbocycles. The summed E-state index contributed by atoms with van der Waals surface area (Å²) in [5.74, 6) is 0.114. The fraction of sp³-hybridized carbons (Fsp3) is 0.429. The fourth-order valence-corrected chi connectivity index (χ4v) is 2.86. The summed E-state index contributed by atoms with van der Waals surface area (Å²) in [4.78, 5) is 23.4. The molecule has 1 saturated heterocycles. The van der Waals surface area contributed by atoms with Crippen molar-refractivity contribution in [2.75, 3.05) is 13.1 Å². The molecule has 0 spiro atoms. The van der Waals surface area contributed by atoms with Crippen LogP contribution in [0, 0.1) is 5.92 Å². The van der Waals surface area contributed by atoms with Gasteiger partial charge >= 0.3 is 0 Å². The highest BCUT2D eigenvalue weighted by atomic mass is 16.2. The lowest BCUT2D eigenvalue weighted by Gasteiger charge is -2.23. The van der Waals surface area contributed by atoms with Crippen molar-refractivity contribution >= 4 is 11.8 Å². The van der Waals surface area contributed by atoms with Gasteiger partial charge in [-0.15, -0.1) is 0 Å². The highest BCUT2D eigenvalue weighted by Crippen LogP contribution is 2.25. The summed E-state index contributed by atoms with van der Waals surface area (Å²) in [6, 6.07) is 5.56. The SMILES string of the molecule is O=C1NC(=O)c2c(CC3CCNCC3)cccc21. The standard InChI is InChI=1S/C14H16N2O2/c17-13-11-3-1-2-10(12(11)14(18)16-13)8-9-4-6-15-7-5-9/h1-3,9,15H,4-8H2,(H,16,17,18). The van der Waals surface area contributed by atoms with Gasteiger partial charge in [0.15, 0.2) is 0 Å². The number of piperidine rings is 1. The number of imide groups is 1. The number of rotatable bonds is 2. The van der Waals surface area contributed by atoms with Gasteiger partial charge in [0.25, 0.3) is 11.8 Å². The van der Waals surface area contributed by atoms with Crippen LogP contribution in [0.5, 0.6) is 0 Å². The molecule has 18 heavy (non-hydrogen) atoms. The third-order valence-corrected chi connectivity index (χ3v) is 3.82. The monoisotopic (exact) mass is 244 g/mol. The van der Waals surface area contributed by atoms with Crippen LogP contribution in [0.4, 0.5) is 0 Å². The topological polar surface area (TPSA) is 58.2 Å². The summed E-state index contributed by atoms with van der Waals surface area (Å²) in [5, 5.41) is 5.70. The van der Waals surface area contributed by atoms with Crippen LogP contribution >= 0.6 is 0 Å². The van der Waals surface area contributed by atoms with Gasteiger partial charge < -0.3 is 5.32 Å². The van der Waals surface area contributed by atoms with E-state index in [1.807, 2.05) is 12.1 Å². The maximum atomic E-state index is 11.8. The Balaban J connectivity index is 1.89. The summed E-state index contributed by atoms with van der Waals surface area (Å²) in [5.41, 5.74) is 2.15. The van der Waals surface area contributed by atoms with E-state index in [0.29, 0.717) is 17.0 Å². The van der Waals surface area contributed by atoms with E-state index in [0.717, 1.165) is 37.9 Å². The normalized spacial score (nSPS) is 19.8. The van der Waals surface area contributed by atoms with Gasteiger partial charge in [0.05, 0.1) is 11.1 Å². The van der Waals surface area contributed by atoms with E-state index in [4.69, 9.17) is 0 Å². The molecule has 0 radical (unpaired) electrons. The van der Waals surface area contributed by atoms with Crippen LogP contribution in [-0.4, -0.2) is 24.9 Å². The van der Waals surface area contributed by atoms with E-state index >= 15 is 0 Å². The van der Waals surface area contributed by atoms with Crippen molar-refractivity contribution in [3.63, 3.8) is 0 Å². The van der Waals surface area contributed by atoms with E-state index in [1.165, 1.54) is 0 Å². The fourth-order valence-electron chi connectivity index (χ4n) is 2.86. The highest BCUT2D eigenvalue weighted by molar-refractivity contribution is 6.22. The summed E-state index contributed by atoms with van der Waals surface area (Å²) >= 11 is 0. The number of carbonyl (C=O) groups excluding carboxylic acids is 2. The predicted molar refractivity (Wildman–Crippen MR) is 67.5 cm³/mol. The maximum absolute atomic E-state index is 11.8. The van der Waals surface area contributed by atoms with Gasteiger partial charge in [-0.1, -0.05) is 12.1 Å². The Morgan fingerprint density at radius 3 is 2.67 bits per heavy atom. The molecule has 1 aromatic rings. The van der Waals surface area contributed by atoms with Gasteiger partial charge in [-0.2, -0.15) is 0 Å². The minimum atomic E-state index is -0.262. The van der Waals surface area contributed by atoms with Crippen LogP contribution in [0.2, 0.25) is 0 Å². The Bertz CT molecular complexity index is 505. The molecule has 0 unspecified atom stereocenters. The van der Waals surface area contributed by atoms with Gasteiger partial charge in [0, 0.05) is 0 Å². The molecule has 0 aromatic heterocycles. The molecule has 1 fully saturated rings. The number of amides is 2. The van der Waals surface area contributed by atoms with Crippen LogP contribution in [0.25, 0.3) is 0 Å². The van der Waals surface area contributed by atoms with E-state index < -0.39 is 0 Å². The molecule has 2 heterocycles. The van der Waals surface area contributed by atoms with Gasteiger partial charge in [0.1, 0.15) is 0 Å². The first-order valence-electron chi connectivity index (χ1n) is 6.44. The van der Waals surface area contributed by atoms with E-state index in [2.05, 4.69) is 10.6 Å². The van der Waals surface area contributed by atoms with E-state index in [1.54, 1.807) is 6.07 Å². The van der Waals surface area contributed by atoms with Crippen LogP contribution in [0.1, 0.15) is 39.1 Å². The zero-order chi connectivity index (χ0) is 12.5. The van der Waals surface area contributed by atoms with Crippen LogP contribution < -0.4 is 10.6 Å². The molecule has 0 bridgehead atoms. The Labute approximate surface area is 106 Å². The second kappa shape index (κ2) is 4.53. The van der Waals surface area contributed by atoms with Crippen molar-refractivity contribution in [1.82, 2.24) is 10.6 Å². The maximum Gasteiger partial charge on any atom is 0.259 e. The summed E-state index contributed by atoms with van der Waals surface area (Å²) < 4.78 is 0. The third-order valence-electron chi connectivity index (χ3n) is 3.82. The average Bonchev–Trinajstić information content (AvgIpc) is 2.67. The van der Waals surface area contributed by atoms with Crippen LogP contribution in [0.3, 0.4) is 0 Å². The van der Waals surface area contributed by atoms with Gasteiger partial charge in [-0.25, -0.2) is 0 Å². The first kappa shape index (κ1) is 11.4. The van der Waals surface area contributed by atoms with Gasteiger partial charge in [0.2, 0.25) is 0 Å². The lowest BCUT2D eigenvalue weighted by atomic mass is 9.88. The van der Waals surface area contributed by atoms with Crippen molar-refractivity contribution in [2.24, 2.45) is 5.92 Å². The lowest BCUT2D eigenvalue weighted by Crippen LogP contribution is -2.29. The van der Waals surface area contributed by atoms with Gasteiger partial charge in [-0.05, 0) is 49.9 Å². The minimum Gasteiger partial charge on any atom is -0.317 e. The number of nitrogens with one attached hydrogen (secondary N) is 2. The molecule has 94 valence electrons. The van der Waals surface area contributed by atoms with E-state index in [-0.39, 0.29) is 11.8 Å². The highest BCUT2D eigenvalue weighted by Gasteiger charge is 2.29. The third kappa shape index (κ3) is 1.93. The number of hydrogen-bond acceptors (Lipinski definition) is 3. The lowest BCUT2D eigenvalue weighted by molar-refractivity contribution is 0.0879. The first-order chi connectivity index (χ1) is 8.75. The smallest absolute Gasteiger partial charge is 0.259 e. The second-order valence-corrected chi connectivity index (χ2v) is 5.02. The minimum absolute atomic E-state index is 0.237. The first-order valence-corrected chi connectivity index (χ1v) is 6.44. The summed E-state index contributed by atoms with van der Waals surface area (Å²) in [6.45, 7) is 2.09. The average molecular weight is 244 g/mol. The van der Waals surface area contributed by atoms with Crippen molar-refractivity contribution in [2.45, 2.75) is 19.3 Å². The molecule has 2 N–H and O–H groups in total. The van der Waals surface area contributed by atoms with Gasteiger partial charge in [-0.3, -0.25) is 14.9 Å². The zero-order valence-corrected chi connectivity index (χ0v) is 10.2. The zero-order valence-electron chi connectivity index (χ0n) is 10.2. The molecular formula is C14H16N2O2. The molecule has 4 nitrogen and oxygen atoms in total. The molecule has 4 heteroatoms. The van der Waals surface area contributed by atoms with Crippen molar-refractivity contribution in [3.8, 4) is 0 Å². The van der Waals surface area contributed by atoms with Crippen LogP contribution in [0.15, 0.2) is 18.2 Å². The summed E-state index contributed by atoms with van der Waals surface area (Å²) in [7, 11) is 0. The molecular weight excluding hydrogens is 228 g/mol. The number of carbonyl (C=O) groups is 2. The quantitative estimate of drug-likeness (QED) is 0.766. The molecule has 0 atom stereocenters. The van der Waals surface area contributed by atoms with Crippen molar-refractivity contribution in [3.05, 3.63) is 34.9 Å². The molecule has 0 saturated carbocycles. The van der Waals surface area contributed by atoms with Crippen molar-refractivity contribution < 1.29 is 9.59 Å². The Morgan fingerprint density at radius 2 is 1.89 bits per heavy atom. The largest absolute Gasteiger partial charge is 0.317 e. The Morgan fingerprint density at radius 1 is 1.11 bits per heavy atom. The molecule has 0 aliphatic carbocycles. The molecule has 2 aliphatic rings. The molecule has 2 aliphatic heterocycles. The Hall–Kier alpha value is -1.68. The summed E-state index contributed by atoms with van der Waals surface area (Å²) in [6.07, 6.45) is 3.17. The molecule has 3 rings (SSSR count). The predicted octanol–water partition coefficient (Wildman–Crippen LogP) is 1.11.